The number of nitrogens with one attached hydrogen (secondary N) is 1. The maximum atomic E-state index is 14.2. The average Bonchev–Trinajstić information content (AvgIpc) is 2.76. The molecule has 1 aliphatic rings. The molecule has 1 amide bonds. The summed E-state index contributed by atoms with van der Waals surface area (Å²) in [5.41, 5.74) is -0.205. The van der Waals surface area contributed by atoms with Gasteiger partial charge in [-0.25, -0.2) is 17.6 Å². The summed E-state index contributed by atoms with van der Waals surface area (Å²) < 4.78 is 55.3. The van der Waals surface area contributed by atoms with Gasteiger partial charge in [0.1, 0.15) is 10.7 Å². The average molecular weight is 460 g/mol. The monoisotopic (exact) mass is 460 g/mol. The van der Waals surface area contributed by atoms with E-state index >= 15 is 0 Å². The summed E-state index contributed by atoms with van der Waals surface area (Å²) in [6, 6.07) is 2.83. The van der Waals surface area contributed by atoms with E-state index in [1.54, 1.807) is 6.92 Å². The Balaban J connectivity index is 1.90. The van der Waals surface area contributed by atoms with Crippen LogP contribution in [-0.2, 0) is 33.8 Å². The lowest BCUT2D eigenvalue weighted by molar-refractivity contribution is -0.143. The van der Waals surface area contributed by atoms with Crippen LogP contribution in [-0.4, -0.2) is 76.6 Å². The quantitative estimate of drug-likeness (QED) is 0.394. The van der Waals surface area contributed by atoms with E-state index in [1.165, 1.54) is 0 Å². The highest BCUT2D eigenvalue weighted by molar-refractivity contribution is 7.89. The number of benzene rings is 1. The molecule has 0 aliphatic carbocycles. The summed E-state index contributed by atoms with van der Waals surface area (Å²) in [6.07, 6.45) is 0.503. The van der Waals surface area contributed by atoms with Crippen LogP contribution in [0.1, 0.15) is 30.1 Å². The first-order valence-corrected chi connectivity index (χ1v) is 11.2. The lowest BCUT2D eigenvalue weighted by Gasteiger charge is -2.26. The SMILES string of the molecule is CCOC(=O)CCCNC(=O)COC(=O)c1ccc(F)c(S(=O)(=O)N2CCOCC2)c1. The molecule has 1 N–H and O–H groups in total. The maximum absolute atomic E-state index is 14.2. The predicted octanol–water partition coefficient (Wildman–Crippen LogP) is 0.463. The van der Waals surface area contributed by atoms with Crippen molar-refractivity contribution in [3.05, 3.63) is 29.6 Å². The molecule has 0 bridgehead atoms. The van der Waals surface area contributed by atoms with Crippen molar-refractivity contribution in [2.24, 2.45) is 0 Å². The zero-order valence-electron chi connectivity index (χ0n) is 17.1. The van der Waals surface area contributed by atoms with Gasteiger partial charge in [-0.05, 0) is 31.5 Å². The van der Waals surface area contributed by atoms with E-state index in [0.29, 0.717) is 6.42 Å². The Hall–Kier alpha value is -2.57. The third-order valence-corrected chi connectivity index (χ3v) is 6.19. The molecule has 1 aliphatic heterocycles. The van der Waals surface area contributed by atoms with Crippen molar-refractivity contribution in [1.29, 1.82) is 0 Å². The van der Waals surface area contributed by atoms with Crippen molar-refractivity contribution in [2.45, 2.75) is 24.7 Å². The van der Waals surface area contributed by atoms with E-state index in [1.807, 2.05) is 0 Å². The molecule has 2 rings (SSSR count). The van der Waals surface area contributed by atoms with Crippen LogP contribution >= 0.6 is 0 Å². The van der Waals surface area contributed by atoms with Gasteiger partial charge in [-0.2, -0.15) is 4.31 Å². The normalized spacial score (nSPS) is 14.6. The lowest BCUT2D eigenvalue weighted by Crippen LogP contribution is -2.41. The second kappa shape index (κ2) is 11.7. The number of hydrogen-bond acceptors (Lipinski definition) is 8. The van der Waals surface area contributed by atoms with E-state index in [9.17, 15) is 27.2 Å². The fourth-order valence-corrected chi connectivity index (χ4v) is 4.21. The zero-order valence-corrected chi connectivity index (χ0v) is 17.9. The molecular formula is C19H25FN2O8S. The Kier molecular flexibility index (Phi) is 9.34. The Bertz CT molecular complexity index is 900. The van der Waals surface area contributed by atoms with Crippen molar-refractivity contribution in [2.75, 3.05) is 46.1 Å². The largest absolute Gasteiger partial charge is 0.466 e. The smallest absolute Gasteiger partial charge is 0.338 e. The third-order valence-electron chi connectivity index (χ3n) is 4.27. The molecule has 1 heterocycles. The van der Waals surface area contributed by atoms with E-state index in [4.69, 9.17) is 14.2 Å². The molecule has 1 saturated heterocycles. The first-order valence-electron chi connectivity index (χ1n) is 9.72. The highest BCUT2D eigenvalue weighted by Gasteiger charge is 2.30. The number of carbonyl (C=O) groups is 3. The Morgan fingerprint density at radius 2 is 1.90 bits per heavy atom. The van der Waals surface area contributed by atoms with Crippen molar-refractivity contribution >= 4 is 27.9 Å². The van der Waals surface area contributed by atoms with Crippen LogP contribution < -0.4 is 5.32 Å². The molecule has 1 aromatic rings. The summed E-state index contributed by atoms with van der Waals surface area (Å²) in [4.78, 5) is 34.5. The fourth-order valence-electron chi connectivity index (χ4n) is 2.71. The predicted molar refractivity (Wildman–Crippen MR) is 105 cm³/mol. The molecule has 172 valence electrons. The van der Waals surface area contributed by atoms with Crippen molar-refractivity contribution in [1.82, 2.24) is 9.62 Å². The van der Waals surface area contributed by atoms with E-state index < -0.39 is 39.2 Å². The van der Waals surface area contributed by atoms with Crippen LogP contribution in [0.25, 0.3) is 0 Å². The Morgan fingerprint density at radius 1 is 1.19 bits per heavy atom. The van der Waals surface area contributed by atoms with Gasteiger partial charge in [-0.3, -0.25) is 9.59 Å². The molecular weight excluding hydrogens is 435 g/mol. The second-order valence-corrected chi connectivity index (χ2v) is 8.40. The molecule has 31 heavy (non-hydrogen) atoms. The van der Waals surface area contributed by atoms with Gasteiger partial charge < -0.3 is 19.5 Å². The molecule has 1 aromatic carbocycles. The minimum atomic E-state index is -4.15. The van der Waals surface area contributed by atoms with Crippen LogP contribution in [0.5, 0.6) is 0 Å². The lowest BCUT2D eigenvalue weighted by atomic mass is 10.2. The number of esters is 2. The van der Waals surface area contributed by atoms with E-state index in [2.05, 4.69) is 5.32 Å². The number of sulfonamides is 1. The minimum Gasteiger partial charge on any atom is -0.466 e. The third kappa shape index (κ3) is 7.26. The first-order chi connectivity index (χ1) is 14.8. The van der Waals surface area contributed by atoms with Crippen LogP contribution in [0.4, 0.5) is 4.39 Å². The van der Waals surface area contributed by atoms with Gasteiger partial charge in [-0.15, -0.1) is 0 Å². The van der Waals surface area contributed by atoms with Gasteiger partial charge in [0.25, 0.3) is 5.91 Å². The van der Waals surface area contributed by atoms with Crippen LogP contribution in [0, 0.1) is 5.82 Å². The number of nitrogens with zero attached hydrogens (tertiary/aromatic N) is 1. The first kappa shape index (κ1) is 24.7. The summed E-state index contributed by atoms with van der Waals surface area (Å²) in [6.45, 7) is 2.08. The number of rotatable bonds is 10. The molecule has 0 aromatic heterocycles. The maximum Gasteiger partial charge on any atom is 0.338 e. The molecule has 0 unspecified atom stereocenters. The highest BCUT2D eigenvalue weighted by atomic mass is 32.2. The van der Waals surface area contributed by atoms with Crippen molar-refractivity contribution in [3.63, 3.8) is 0 Å². The summed E-state index contributed by atoms with van der Waals surface area (Å²) in [5, 5.41) is 2.48. The molecule has 1 fully saturated rings. The van der Waals surface area contributed by atoms with Gasteiger partial charge in [0.2, 0.25) is 10.0 Å². The van der Waals surface area contributed by atoms with Crippen LogP contribution in [0.15, 0.2) is 23.1 Å². The summed E-state index contributed by atoms with van der Waals surface area (Å²) >= 11 is 0. The minimum absolute atomic E-state index is 0.0762. The number of carbonyl (C=O) groups excluding carboxylic acids is 3. The van der Waals surface area contributed by atoms with Crippen molar-refractivity contribution < 1.29 is 41.4 Å². The molecule has 10 nitrogen and oxygen atoms in total. The van der Waals surface area contributed by atoms with Gasteiger partial charge >= 0.3 is 11.9 Å². The number of ether oxygens (including phenoxy) is 3. The Labute approximate surface area is 179 Å². The van der Waals surface area contributed by atoms with Crippen LogP contribution in [0.2, 0.25) is 0 Å². The van der Waals surface area contributed by atoms with Crippen molar-refractivity contribution in [3.8, 4) is 0 Å². The summed E-state index contributed by atoms with van der Waals surface area (Å²) in [7, 11) is -4.15. The number of morpholine rings is 1. The molecule has 0 spiro atoms. The standard InChI is InChI=1S/C19H25FN2O8S/c1-2-29-18(24)4-3-7-21-17(23)13-30-19(25)14-5-6-15(20)16(12-14)31(26,27)22-8-10-28-11-9-22/h5-6,12H,2-4,7-11,13H2,1H3,(H,21,23). The fraction of sp³-hybridized carbons (Fsp3) is 0.526. The van der Waals surface area contributed by atoms with Gasteiger partial charge in [-0.1, -0.05) is 0 Å². The van der Waals surface area contributed by atoms with Gasteiger partial charge in [0.05, 0.1) is 25.4 Å². The molecule has 0 radical (unpaired) electrons. The zero-order chi connectivity index (χ0) is 22.9. The number of halogens is 1. The topological polar surface area (TPSA) is 128 Å². The van der Waals surface area contributed by atoms with E-state index in [0.717, 1.165) is 22.5 Å². The number of amides is 1. The highest BCUT2D eigenvalue weighted by Crippen LogP contribution is 2.22. The second-order valence-electron chi connectivity index (χ2n) is 6.50. The molecule has 0 saturated carbocycles. The Morgan fingerprint density at radius 3 is 2.58 bits per heavy atom. The summed E-state index contributed by atoms with van der Waals surface area (Å²) in [5.74, 6) is -2.94. The molecule has 0 atom stereocenters. The van der Waals surface area contributed by atoms with Gasteiger partial charge in [0.15, 0.2) is 6.61 Å². The molecule has 12 heteroatoms. The van der Waals surface area contributed by atoms with E-state index in [-0.39, 0.29) is 57.4 Å². The number of hydrogen-bond donors (Lipinski definition) is 1. The van der Waals surface area contributed by atoms with Gasteiger partial charge in [0, 0.05) is 26.1 Å². The van der Waals surface area contributed by atoms with Crippen LogP contribution in [0.3, 0.4) is 0 Å².